The van der Waals surface area contributed by atoms with Gasteiger partial charge in [0.1, 0.15) is 0 Å². The fraction of sp³-hybridized carbons (Fsp3) is 0.500. The molecule has 4 nitrogen and oxygen atoms in total. The Hall–Kier alpha value is -0.521. The molecule has 0 rings (SSSR count). The molecule has 0 amide bonds. The molecule has 0 atom stereocenters. The molecule has 0 unspecified atom stereocenters. The van der Waals surface area contributed by atoms with Crippen molar-refractivity contribution in [3.63, 3.8) is 0 Å². The maximum atomic E-state index is 9.55. The molecule has 0 aromatic heterocycles. The molecule has 5 heteroatoms. The van der Waals surface area contributed by atoms with Crippen molar-refractivity contribution in [2.24, 2.45) is 0 Å². The van der Waals surface area contributed by atoms with Crippen molar-refractivity contribution >= 4 is 34.5 Å². The van der Waals surface area contributed by atoms with Crippen LogP contribution in [0.4, 0.5) is 0 Å². The molecule has 0 aromatic rings. The zero-order chi connectivity index (χ0) is 10.7. The molecule has 0 aromatic carbocycles. The Kier molecular flexibility index (Phi) is 13.2. The molecule has 2 N–H and O–H groups in total. The van der Waals surface area contributed by atoms with E-state index < -0.39 is 11.9 Å². The van der Waals surface area contributed by atoms with Gasteiger partial charge in [0, 0.05) is 12.2 Å². The van der Waals surface area contributed by atoms with Crippen LogP contribution >= 0.6 is 0 Å². The van der Waals surface area contributed by atoms with Gasteiger partial charge in [-0.2, -0.15) is 0 Å². The van der Waals surface area contributed by atoms with Crippen LogP contribution in [0.5, 0.6) is 0 Å². The number of aliphatic carboxylic acids is 2. The van der Waals surface area contributed by atoms with E-state index >= 15 is 0 Å². The molecule has 0 aliphatic carbocycles. The number of hydrogen-bond donors (Lipinski definition) is 2. The minimum absolute atomic E-state index is 0.558. The van der Waals surface area contributed by atoms with Gasteiger partial charge in [-0.3, -0.25) is 0 Å². The van der Waals surface area contributed by atoms with Gasteiger partial charge in [0.2, 0.25) is 0 Å². The van der Waals surface area contributed by atoms with Crippen LogP contribution in [0.25, 0.3) is 0 Å². The summed E-state index contributed by atoms with van der Waals surface area (Å²) in [7, 11) is 0. The second-order valence-electron chi connectivity index (χ2n) is 2.11. The predicted molar refractivity (Wildman–Crippen MR) is 49.9 cm³/mol. The Morgan fingerprint density at radius 1 is 1.23 bits per heavy atom. The second-order valence-corrected chi connectivity index (χ2v) is 3.54. The first-order valence-corrected chi connectivity index (χ1v) is 5.84. The number of rotatable bonds is 4. The molecule has 0 saturated carbocycles. The van der Waals surface area contributed by atoms with Gasteiger partial charge in [-0.25, -0.2) is 9.59 Å². The van der Waals surface area contributed by atoms with E-state index in [1.54, 1.807) is 22.5 Å². The number of carboxylic acid groups (broad SMARTS) is 2. The molecule has 13 heavy (non-hydrogen) atoms. The van der Waals surface area contributed by atoms with Gasteiger partial charge in [0.05, 0.1) is 0 Å². The van der Waals surface area contributed by atoms with E-state index in [0.29, 0.717) is 12.2 Å². The van der Waals surface area contributed by atoms with Crippen LogP contribution in [-0.4, -0.2) is 44.7 Å². The van der Waals surface area contributed by atoms with Crippen molar-refractivity contribution in [2.45, 2.75) is 24.2 Å². The first-order valence-electron chi connectivity index (χ1n) is 3.83. The average molecular weight is 292 g/mol. The third-order valence-corrected chi connectivity index (χ3v) is 1.91. The quantitative estimate of drug-likeness (QED) is 0.600. The fourth-order valence-corrected chi connectivity index (χ4v) is 1.33. The summed E-state index contributed by atoms with van der Waals surface area (Å²) in [5, 5.41) is 15.6. The van der Waals surface area contributed by atoms with Crippen LogP contribution in [0.2, 0.25) is 4.44 Å². The van der Waals surface area contributed by atoms with E-state index in [-0.39, 0.29) is 0 Å². The number of hydrogen-bond acceptors (Lipinski definition) is 2. The van der Waals surface area contributed by atoms with Crippen molar-refractivity contribution in [2.75, 3.05) is 0 Å². The molecule has 0 bridgehead atoms. The number of carbonyl (C=O) groups is 2. The van der Waals surface area contributed by atoms with Gasteiger partial charge in [-0.05, 0) is 0 Å². The van der Waals surface area contributed by atoms with Gasteiger partial charge in [-0.15, -0.1) is 0 Å². The minimum Gasteiger partial charge on any atom is -0.478 e. The molecule has 0 spiro atoms. The Bertz CT molecular complexity index is 159. The largest absolute Gasteiger partial charge is 0.478 e. The topological polar surface area (TPSA) is 74.6 Å². The fourth-order valence-electron chi connectivity index (χ4n) is 0.319. The molecule has 0 saturated heterocycles. The van der Waals surface area contributed by atoms with Gasteiger partial charge in [0.15, 0.2) is 0 Å². The summed E-state index contributed by atoms with van der Waals surface area (Å²) in [4.78, 5) is 19.1. The number of carboxylic acids is 2. The van der Waals surface area contributed by atoms with E-state index in [4.69, 9.17) is 10.2 Å². The van der Waals surface area contributed by atoms with Gasteiger partial charge in [0.25, 0.3) is 0 Å². The van der Waals surface area contributed by atoms with Crippen LogP contribution in [-0.2, 0) is 9.59 Å². The molecule has 3 radical (unpaired) electrons. The van der Waals surface area contributed by atoms with Gasteiger partial charge < -0.3 is 10.2 Å². The van der Waals surface area contributed by atoms with Gasteiger partial charge in [-0.1, -0.05) is 0 Å². The van der Waals surface area contributed by atoms with Crippen LogP contribution in [0.3, 0.4) is 0 Å². The molecule has 73 valence electrons. The Labute approximate surface area is 90.7 Å². The van der Waals surface area contributed by atoms with Crippen LogP contribution < -0.4 is 0 Å². The standard InChI is InChI=1S/C4H4O4.C4H9.Sn/c5-3(6)1-2-4(7)8;1-3-4-2;/h1-2H,(H,5,6)(H,7,8);1,3-4H2,2H3;. The smallest absolute Gasteiger partial charge is 0.328 e. The Morgan fingerprint density at radius 2 is 1.62 bits per heavy atom. The molecule has 0 aliphatic heterocycles. The first kappa shape index (κ1) is 15.0. The zero-order valence-electron chi connectivity index (χ0n) is 7.49. The summed E-state index contributed by atoms with van der Waals surface area (Å²) in [6, 6.07) is 0. The summed E-state index contributed by atoms with van der Waals surface area (Å²) >= 11 is 1.68. The predicted octanol–water partition coefficient (Wildman–Crippen LogP) is 1.09. The Morgan fingerprint density at radius 3 is 1.69 bits per heavy atom. The first-order chi connectivity index (χ1) is 6.04. The molecular formula is C8H13O4Sn. The minimum atomic E-state index is -1.26. The molecule has 0 heterocycles. The molecule has 0 fully saturated rings. The molecular weight excluding hydrogens is 279 g/mol. The van der Waals surface area contributed by atoms with E-state index in [0.717, 1.165) is 0 Å². The number of unbranched alkanes of at least 4 members (excludes halogenated alkanes) is 1. The van der Waals surface area contributed by atoms with Crippen molar-refractivity contribution in [3.05, 3.63) is 12.2 Å². The SMILES string of the molecule is CCC[CH2][Sn].O=C(O)C=CC(=O)O. The second kappa shape index (κ2) is 11.5. The van der Waals surface area contributed by atoms with Crippen LogP contribution in [0, 0.1) is 0 Å². The molecule has 0 aliphatic rings. The van der Waals surface area contributed by atoms with Crippen molar-refractivity contribution < 1.29 is 19.8 Å². The summed E-state index contributed by atoms with van der Waals surface area (Å²) < 4.78 is 1.43. The third kappa shape index (κ3) is 24.6. The zero-order valence-corrected chi connectivity index (χ0v) is 10.3. The van der Waals surface area contributed by atoms with E-state index in [1.807, 2.05) is 0 Å². The van der Waals surface area contributed by atoms with E-state index in [2.05, 4.69) is 6.92 Å². The summed E-state index contributed by atoms with van der Waals surface area (Å²) in [5.41, 5.74) is 0. The van der Waals surface area contributed by atoms with Crippen LogP contribution in [0.1, 0.15) is 19.8 Å². The van der Waals surface area contributed by atoms with E-state index in [9.17, 15) is 9.59 Å². The van der Waals surface area contributed by atoms with Crippen molar-refractivity contribution in [1.82, 2.24) is 0 Å². The van der Waals surface area contributed by atoms with Crippen molar-refractivity contribution in [1.29, 1.82) is 0 Å². The Balaban J connectivity index is 0. The maximum Gasteiger partial charge on any atom is 0.328 e. The van der Waals surface area contributed by atoms with Gasteiger partial charge >= 0.3 is 58.7 Å². The maximum absolute atomic E-state index is 9.55. The van der Waals surface area contributed by atoms with Crippen molar-refractivity contribution in [3.8, 4) is 0 Å². The van der Waals surface area contributed by atoms with E-state index in [1.165, 1.54) is 17.3 Å². The normalized spacial score (nSPS) is 9.08. The van der Waals surface area contributed by atoms with Crippen LogP contribution in [0.15, 0.2) is 12.2 Å². The average Bonchev–Trinajstić information content (AvgIpc) is 2.03. The monoisotopic (exact) mass is 293 g/mol. The summed E-state index contributed by atoms with van der Waals surface area (Å²) in [6.07, 6.45) is 3.91. The summed E-state index contributed by atoms with van der Waals surface area (Å²) in [6.45, 7) is 2.23. The third-order valence-electron chi connectivity index (χ3n) is 0.899. The summed E-state index contributed by atoms with van der Waals surface area (Å²) in [5.74, 6) is -2.51.